The number of Topliss-reactive ketones (excluding diaryl/α,β-unsaturated/α-hetero) is 1. The fraction of sp³-hybridized carbons (Fsp3) is 0.273. The van der Waals surface area contributed by atoms with E-state index < -0.39 is 5.92 Å². The van der Waals surface area contributed by atoms with Crippen LogP contribution in [-0.2, 0) is 0 Å². The number of halogens is 1. The van der Waals surface area contributed by atoms with Crippen molar-refractivity contribution in [1.29, 1.82) is 5.26 Å². The lowest BCUT2D eigenvalue weighted by atomic mass is 9.99. The summed E-state index contributed by atoms with van der Waals surface area (Å²) in [6.45, 7) is 3.40. The van der Waals surface area contributed by atoms with E-state index in [-0.39, 0.29) is 5.78 Å². The topological polar surface area (TPSA) is 40.9 Å². The van der Waals surface area contributed by atoms with Crippen LogP contribution >= 0.6 is 11.6 Å². The Morgan fingerprint density at radius 2 is 2.21 bits per heavy atom. The number of hydrogen-bond donors (Lipinski definition) is 0. The zero-order chi connectivity index (χ0) is 10.7. The lowest BCUT2D eigenvalue weighted by molar-refractivity contribution is 0.0956. The van der Waals surface area contributed by atoms with Gasteiger partial charge < -0.3 is 0 Å². The molecule has 0 heterocycles. The van der Waals surface area contributed by atoms with Crippen LogP contribution in [0.3, 0.4) is 0 Å². The van der Waals surface area contributed by atoms with Gasteiger partial charge in [-0.15, -0.1) is 0 Å². The molecule has 0 bridgehead atoms. The molecule has 0 aromatic heterocycles. The third kappa shape index (κ3) is 1.94. The predicted octanol–water partition coefficient (Wildman–Crippen LogP) is 2.99. The van der Waals surface area contributed by atoms with Gasteiger partial charge in [0.05, 0.1) is 11.1 Å². The number of rotatable bonds is 2. The normalized spacial score (nSPS) is 11.9. The SMILES string of the molecule is Cc1cccc(C(=O)C(C)C#N)c1Cl. The van der Waals surface area contributed by atoms with E-state index in [1.54, 1.807) is 19.1 Å². The molecule has 1 unspecified atom stereocenters. The molecular formula is C11H10ClNO. The van der Waals surface area contributed by atoms with Gasteiger partial charge in [0.15, 0.2) is 5.78 Å². The molecule has 14 heavy (non-hydrogen) atoms. The van der Waals surface area contributed by atoms with Crippen molar-refractivity contribution in [2.24, 2.45) is 5.92 Å². The standard InChI is InChI=1S/C11H10ClNO/c1-7-4-3-5-9(10(7)12)11(14)8(2)6-13/h3-5,8H,1-2H3. The van der Waals surface area contributed by atoms with Crippen LogP contribution in [0.15, 0.2) is 18.2 Å². The Kier molecular flexibility index (Phi) is 3.27. The van der Waals surface area contributed by atoms with E-state index in [9.17, 15) is 4.79 Å². The monoisotopic (exact) mass is 207 g/mol. The molecule has 0 radical (unpaired) electrons. The Morgan fingerprint density at radius 1 is 1.57 bits per heavy atom. The molecule has 0 saturated carbocycles. The number of carbonyl (C=O) groups is 1. The second-order valence-corrected chi connectivity index (χ2v) is 3.53. The highest BCUT2D eigenvalue weighted by Gasteiger charge is 2.17. The number of nitrogens with zero attached hydrogens (tertiary/aromatic N) is 1. The Hall–Kier alpha value is -1.33. The summed E-state index contributed by atoms with van der Waals surface area (Å²) >= 11 is 5.96. The number of carbonyl (C=O) groups excluding carboxylic acids is 1. The van der Waals surface area contributed by atoms with Gasteiger partial charge in [-0.3, -0.25) is 4.79 Å². The predicted molar refractivity (Wildman–Crippen MR) is 55.3 cm³/mol. The maximum absolute atomic E-state index is 11.6. The lowest BCUT2D eigenvalue weighted by Gasteiger charge is -2.06. The highest BCUT2D eigenvalue weighted by Crippen LogP contribution is 2.22. The first-order valence-corrected chi connectivity index (χ1v) is 4.64. The van der Waals surface area contributed by atoms with Gasteiger partial charge >= 0.3 is 0 Å². The maximum Gasteiger partial charge on any atom is 0.181 e. The minimum atomic E-state index is -0.644. The molecule has 72 valence electrons. The molecular weight excluding hydrogens is 198 g/mol. The molecule has 0 aliphatic heterocycles. The molecule has 1 atom stereocenters. The van der Waals surface area contributed by atoms with Gasteiger partial charge in [-0.2, -0.15) is 5.26 Å². The Balaban J connectivity index is 3.15. The molecule has 3 heteroatoms. The van der Waals surface area contributed by atoms with Crippen LogP contribution < -0.4 is 0 Å². The van der Waals surface area contributed by atoms with E-state index in [1.165, 1.54) is 0 Å². The van der Waals surface area contributed by atoms with Crippen LogP contribution in [0.5, 0.6) is 0 Å². The van der Waals surface area contributed by atoms with Crippen LogP contribution in [0.25, 0.3) is 0 Å². The molecule has 2 nitrogen and oxygen atoms in total. The summed E-state index contributed by atoms with van der Waals surface area (Å²) in [5.41, 5.74) is 1.28. The number of ketones is 1. The highest BCUT2D eigenvalue weighted by atomic mass is 35.5. The van der Waals surface area contributed by atoms with Crippen molar-refractivity contribution in [2.75, 3.05) is 0 Å². The number of nitriles is 1. The first-order chi connectivity index (χ1) is 6.57. The summed E-state index contributed by atoms with van der Waals surface area (Å²) in [5, 5.41) is 9.06. The fourth-order valence-electron chi connectivity index (χ4n) is 1.13. The summed E-state index contributed by atoms with van der Waals surface area (Å²) in [7, 11) is 0. The molecule has 1 aromatic carbocycles. The minimum absolute atomic E-state index is 0.221. The number of hydrogen-bond acceptors (Lipinski definition) is 2. The van der Waals surface area contributed by atoms with Crippen molar-refractivity contribution in [1.82, 2.24) is 0 Å². The Bertz CT molecular complexity index is 406. The zero-order valence-electron chi connectivity index (χ0n) is 8.04. The molecule has 0 N–H and O–H groups in total. The second kappa shape index (κ2) is 4.26. The van der Waals surface area contributed by atoms with Crippen molar-refractivity contribution in [3.63, 3.8) is 0 Å². The van der Waals surface area contributed by atoms with E-state index in [1.807, 2.05) is 19.1 Å². The van der Waals surface area contributed by atoms with Crippen molar-refractivity contribution >= 4 is 17.4 Å². The second-order valence-electron chi connectivity index (χ2n) is 3.15. The van der Waals surface area contributed by atoms with Gasteiger partial charge in [0.25, 0.3) is 0 Å². The van der Waals surface area contributed by atoms with Crippen molar-refractivity contribution < 1.29 is 4.79 Å². The largest absolute Gasteiger partial charge is 0.293 e. The molecule has 0 aliphatic carbocycles. The Morgan fingerprint density at radius 3 is 2.79 bits per heavy atom. The molecule has 0 saturated heterocycles. The van der Waals surface area contributed by atoms with Crippen LogP contribution in [-0.4, -0.2) is 5.78 Å². The summed E-state index contributed by atoms with van der Waals surface area (Å²) in [5.74, 6) is -0.865. The average Bonchev–Trinajstić information content (AvgIpc) is 2.20. The van der Waals surface area contributed by atoms with Gasteiger partial charge in [-0.1, -0.05) is 23.7 Å². The molecule has 1 aromatic rings. The van der Waals surface area contributed by atoms with Gasteiger partial charge in [0.2, 0.25) is 0 Å². The Labute approximate surface area is 88.1 Å². The summed E-state index contributed by atoms with van der Waals surface area (Å²) in [4.78, 5) is 11.6. The summed E-state index contributed by atoms with van der Waals surface area (Å²) in [6.07, 6.45) is 0. The first kappa shape index (κ1) is 10.7. The van der Waals surface area contributed by atoms with Gasteiger partial charge in [0, 0.05) is 5.56 Å². The van der Waals surface area contributed by atoms with Gasteiger partial charge in [0.1, 0.15) is 5.92 Å². The quantitative estimate of drug-likeness (QED) is 0.700. The average molecular weight is 208 g/mol. The van der Waals surface area contributed by atoms with Crippen LogP contribution in [0.1, 0.15) is 22.8 Å². The van der Waals surface area contributed by atoms with Crippen LogP contribution in [0.4, 0.5) is 0 Å². The molecule has 0 aliphatic rings. The fourth-order valence-corrected chi connectivity index (χ4v) is 1.35. The third-order valence-corrected chi connectivity index (χ3v) is 2.55. The van der Waals surface area contributed by atoms with Crippen molar-refractivity contribution in [3.05, 3.63) is 34.3 Å². The lowest BCUT2D eigenvalue weighted by Crippen LogP contribution is -2.09. The van der Waals surface area contributed by atoms with Gasteiger partial charge in [-0.25, -0.2) is 0 Å². The minimum Gasteiger partial charge on any atom is -0.293 e. The van der Waals surface area contributed by atoms with E-state index >= 15 is 0 Å². The zero-order valence-corrected chi connectivity index (χ0v) is 8.80. The molecule has 0 fully saturated rings. The first-order valence-electron chi connectivity index (χ1n) is 4.27. The summed E-state index contributed by atoms with van der Waals surface area (Å²) in [6, 6.07) is 7.14. The van der Waals surface area contributed by atoms with Crippen molar-refractivity contribution in [3.8, 4) is 6.07 Å². The molecule has 0 amide bonds. The molecule has 1 rings (SSSR count). The highest BCUT2D eigenvalue weighted by molar-refractivity contribution is 6.34. The van der Waals surface area contributed by atoms with E-state index in [0.717, 1.165) is 5.56 Å². The van der Waals surface area contributed by atoms with E-state index in [0.29, 0.717) is 10.6 Å². The van der Waals surface area contributed by atoms with Gasteiger partial charge in [-0.05, 0) is 25.5 Å². The molecule has 0 spiro atoms. The summed E-state index contributed by atoms with van der Waals surface area (Å²) < 4.78 is 0. The maximum atomic E-state index is 11.6. The third-order valence-electron chi connectivity index (χ3n) is 2.04. The number of aryl methyl sites for hydroxylation is 1. The van der Waals surface area contributed by atoms with E-state index in [2.05, 4.69) is 0 Å². The van der Waals surface area contributed by atoms with Crippen LogP contribution in [0.2, 0.25) is 5.02 Å². The van der Waals surface area contributed by atoms with Crippen molar-refractivity contribution in [2.45, 2.75) is 13.8 Å². The smallest absolute Gasteiger partial charge is 0.181 e. The van der Waals surface area contributed by atoms with E-state index in [4.69, 9.17) is 16.9 Å². The van der Waals surface area contributed by atoms with Crippen LogP contribution in [0, 0.1) is 24.2 Å². The number of benzene rings is 1.